The van der Waals surface area contributed by atoms with Gasteiger partial charge < -0.3 is 14.7 Å². The minimum atomic E-state index is -0.502. The van der Waals surface area contributed by atoms with Crippen molar-refractivity contribution in [3.8, 4) is 5.75 Å². The number of hydrogen-bond donors (Lipinski definition) is 1. The van der Waals surface area contributed by atoms with Gasteiger partial charge in [-0.2, -0.15) is 0 Å². The highest BCUT2D eigenvalue weighted by molar-refractivity contribution is 5.95. The summed E-state index contributed by atoms with van der Waals surface area (Å²) < 4.78 is 5.64. The lowest BCUT2D eigenvalue weighted by Gasteiger charge is -2.32. The van der Waals surface area contributed by atoms with Gasteiger partial charge in [0.25, 0.3) is 5.91 Å². The number of rotatable bonds is 3. The molecule has 0 saturated heterocycles. The molecule has 1 unspecified atom stereocenters. The first kappa shape index (κ1) is 14.6. The van der Waals surface area contributed by atoms with Crippen LogP contribution in [0.25, 0.3) is 0 Å². The fourth-order valence-corrected chi connectivity index (χ4v) is 2.74. The average Bonchev–Trinajstić information content (AvgIpc) is 2.54. The summed E-state index contributed by atoms with van der Waals surface area (Å²) in [6.07, 6.45) is 0.0464. The summed E-state index contributed by atoms with van der Waals surface area (Å²) >= 11 is 0. The van der Waals surface area contributed by atoms with E-state index >= 15 is 0 Å². The van der Waals surface area contributed by atoms with Crippen molar-refractivity contribution in [3.63, 3.8) is 0 Å². The largest absolute Gasteiger partial charge is 0.483 e. The van der Waals surface area contributed by atoms with Crippen LogP contribution in [0.1, 0.15) is 23.7 Å². The summed E-state index contributed by atoms with van der Waals surface area (Å²) in [6, 6.07) is 15.1. The van der Waals surface area contributed by atoms with E-state index in [1.165, 1.54) is 0 Å². The minimum Gasteiger partial charge on any atom is -0.483 e. The number of benzene rings is 2. The van der Waals surface area contributed by atoms with Gasteiger partial charge in [-0.25, -0.2) is 0 Å². The van der Waals surface area contributed by atoms with Gasteiger partial charge in [0.1, 0.15) is 5.75 Å². The number of carbonyl (C=O) groups excluding carboxylic acids is 1. The van der Waals surface area contributed by atoms with Crippen LogP contribution >= 0.6 is 0 Å². The molecule has 0 aliphatic carbocycles. The number of carbonyl (C=O) groups is 1. The van der Waals surface area contributed by atoms with Crippen LogP contribution < -0.4 is 9.64 Å². The fraction of sp³-hybridized carbons (Fsp3) is 0.278. The molecule has 2 aromatic carbocycles. The van der Waals surface area contributed by atoms with E-state index in [0.29, 0.717) is 13.0 Å². The number of nitrogens with zero attached hydrogens (tertiary/aromatic N) is 1. The third-order valence-corrected chi connectivity index (χ3v) is 3.96. The van der Waals surface area contributed by atoms with E-state index in [1.54, 1.807) is 4.90 Å². The van der Waals surface area contributed by atoms with Crippen molar-refractivity contribution in [1.29, 1.82) is 0 Å². The Hall–Kier alpha value is -2.33. The number of anilines is 1. The molecule has 0 aromatic heterocycles. The van der Waals surface area contributed by atoms with Crippen molar-refractivity contribution in [1.82, 2.24) is 0 Å². The molecule has 4 nitrogen and oxygen atoms in total. The second-order valence-electron chi connectivity index (χ2n) is 5.46. The molecule has 1 amide bonds. The molecule has 1 aliphatic heterocycles. The van der Waals surface area contributed by atoms with Gasteiger partial charge >= 0.3 is 0 Å². The van der Waals surface area contributed by atoms with E-state index in [4.69, 9.17) is 4.74 Å². The van der Waals surface area contributed by atoms with E-state index in [0.717, 1.165) is 22.6 Å². The van der Waals surface area contributed by atoms with Gasteiger partial charge in [0.05, 0.1) is 6.10 Å². The van der Waals surface area contributed by atoms with Crippen molar-refractivity contribution in [2.75, 3.05) is 18.1 Å². The first-order chi connectivity index (χ1) is 10.7. The summed E-state index contributed by atoms with van der Waals surface area (Å²) in [4.78, 5) is 14.2. The highest BCUT2D eigenvalue weighted by atomic mass is 16.5. The lowest BCUT2D eigenvalue weighted by Crippen LogP contribution is -2.39. The molecule has 0 radical (unpaired) electrons. The predicted octanol–water partition coefficient (Wildman–Crippen LogP) is 2.84. The van der Waals surface area contributed by atoms with Gasteiger partial charge in [0.2, 0.25) is 0 Å². The van der Waals surface area contributed by atoms with Crippen LogP contribution in [-0.2, 0) is 4.79 Å². The first-order valence-electron chi connectivity index (χ1n) is 7.42. The molecule has 0 bridgehead atoms. The Kier molecular flexibility index (Phi) is 4.11. The molecular weight excluding hydrogens is 278 g/mol. The van der Waals surface area contributed by atoms with Crippen molar-refractivity contribution in [3.05, 3.63) is 59.7 Å². The van der Waals surface area contributed by atoms with E-state index in [1.807, 2.05) is 55.5 Å². The van der Waals surface area contributed by atoms with E-state index < -0.39 is 6.10 Å². The highest BCUT2D eigenvalue weighted by Gasteiger charge is 2.27. The molecule has 1 N–H and O–H groups in total. The number of aryl methyl sites for hydroxylation is 1. The Bertz CT molecular complexity index is 684. The van der Waals surface area contributed by atoms with Crippen LogP contribution in [0.4, 0.5) is 5.69 Å². The van der Waals surface area contributed by atoms with E-state index in [-0.39, 0.29) is 12.5 Å². The number of hydrogen-bond acceptors (Lipinski definition) is 3. The van der Waals surface area contributed by atoms with Crippen molar-refractivity contribution in [2.45, 2.75) is 19.4 Å². The molecule has 3 rings (SSSR count). The monoisotopic (exact) mass is 297 g/mol. The van der Waals surface area contributed by atoms with Crippen molar-refractivity contribution in [2.24, 2.45) is 0 Å². The van der Waals surface area contributed by atoms with Crippen molar-refractivity contribution >= 4 is 11.6 Å². The number of fused-ring (bicyclic) bond motifs is 1. The zero-order chi connectivity index (χ0) is 15.5. The second-order valence-corrected chi connectivity index (χ2v) is 5.46. The maximum Gasteiger partial charge on any atom is 0.264 e. The molecule has 2 aromatic rings. The summed E-state index contributed by atoms with van der Waals surface area (Å²) in [5.41, 5.74) is 2.59. The maximum absolute atomic E-state index is 12.5. The van der Waals surface area contributed by atoms with Gasteiger partial charge in [0, 0.05) is 17.8 Å². The van der Waals surface area contributed by atoms with Gasteiger partial charge in [-0.15, -0.1) is 0 Å². The van der Waals surface area contributed by atoms with Crippen LogP contribution in [0.5, 0.6) is 5.75 Å². The third kappa shape index (κ3) is 2.83. The fourth-order valence-electron chi connectivity index (χ4n) is 2.74. The molecule has 1 aliphatic rings. The number of aliphatic hydroxyl groups excluding tert-OH is 1. The van der Waals surface area contributed by atoms with Gasteiger partial charge in [-0.05, 0) is 31.0 Å². The number of para-hydroxylation sites is 2. The van der Waals surface area contributed by atoms with Gasteiger partial charge in [0.15, 0.2) is 6.61 Å². The molecule has 0 fully saturated rings. The Morgan fingerprint density at radius 1 is 1.23 bits per heavy atom. The zero-order valence-corrected chi connectivity index (χ0v) is 12.5. The molecule has 1 atom stereocenters. The Balaban J connectivity index is 1.74. The zero-order valence-electron chi connectivity index (χ0n) is 12.5. The minimum absolute atomic E-state index is 0.00468. The number of aliphatic hydroxyl groups is 1. The van der Waals surface area contributed by atoms with E-state index in [2.05, 4.69) is 0 Å². The summed E-state index contributed by atoms with van der Waals surface area (Å²) in [6.45, 7) is 2.45. The van der Waals surface area contributed by atoms with Crippen LogP contribution in [0.15, 0.2) is 48.5 Å². The van der Waals surface area contributed by atoms with Gasteiger partial charge in [-0.3, -0.25) is 4.79 Å². The van der Waals surface area contributed by atoms with E-state index in [9.17, 15) is 9.90 Å². The number of ether oxygens (including phenoxy) is 1. The van der Waals surface area contributed by atoms with Crippen LogP contribution in [0.2, 0.25) is 0 Å². The molecule has 22 heavy (non-hydrogen) atoms. The molecule has 0 spiro atoms. The quantitative estimate of drug-likeness (QED) is 0.947. The lowest BCUT2D eigenvalue weighted by atomic mass is 9.99. The number of amides is 1. The van der Waals surface area contributed by atoms with Crippen LogP contribution in [0.3, 0.4) is 0 Å². The summed E-state index contributed by atoms with van der Waals surface area (Å²) in [5, 5.41) is 10.0. The molecule has 4 heteroatoms. The smallest absolute Gasteiger partial charge is 0.264 e. The first-order valence-corrected chi connectivity index (χ1v) is 7.42. The standard InChI is InChI=1S/C18H19NO3/c1-13-6-2-5-9-17(13)22-12-18(21)19-11-10-16(20)14-7-3-4-8-15(14)19/h2-9,16,20H,10-12H2,1H3. The van der Waals surface area contributed by atoms with Crippen LogP contribution in [-0.4, -0.2) is 24.2 Å². The Morgan fingerprint density at radius 2 is 1.95 bits per heavy atom. The maximum atomic E-state index is 12.5. The van der Waals surface area contributed by atoms with Gasteiger partial charge in [-0.1, -0.05) is 36.4 Å². The summed E-state index contributed by atoms with van der Waals surface area (Å²) in [7, 11) is 0. The Labute approximate surface area is 130 Å². The lowest BCUT2D eigenvalue weighted by molar-refractivity contribution is -0.120. The summed E-state index contributed by atoms with van der Waals surface area (Å²) in [5.74, 6) is 0.629. The second kappa shape index (κ2) is 6.20. The predicted molar refractivity (Wildman–Crippen MR) is 85.0 cm³/mol. The highest BCUT2D eigenvalue weighted by Crippen LogP contribution is 2.33. The topological polar surface area (TPSA) is 49.8 Å². The average molecular weight is 297 g/mol. The SMILES string of the molecule is Cc1ccccc1OCC(=O)N1CCC(O)c2ccccc21. The Morgan fingerprint density at radius 3 is 2.77 bits per heavy atom. The molecule has 114 valence electrons. The third-order valence-electron chi connectivity index (χ3n) is 3.96. The molecular formula is C18H19NO3. The molecule has 0 saturated carbocycles. The van der Waals surface area contributed by atoms with Crippen LogP contribution in [0, 0.1) is 6.92 Å². The molecule has 1 heterocycles. The van der Waals surface area contributed by atoms with Crippen molar-refractivity contribution < 1.29 is 14.6 Å². The normalized spacial score (nSPS) is 17.0.